The largest absolute Gasteiger partial charge is 0.397 e. The van der Waals surface area contributed by atoms with Crippen molar-refractivity contribution >= 4 is 11.7 Å². The van der Waals surface area contributed by atoms with Gasteiger partial charge in [0.05, 0.1) is 0 Å². The summed E-state index contributed by atoms with van der Waals surface area (Å²) in [5.74, 6) is -0.578. The van der Waals surface area contributed by atoms with Crippen molar-refractivity contribution < 1.29 is 14.7 Å². The monoisotopic (exact) mass is 540 g/mol. The van der Waals surface area contributed by atoms with Crippen molar-refractivity contribution in [2.45, 2.75) is 194 Å². The molecular formula is C34H69NO3. The zero-order valence-electron chi connectivity index (χ0n) is 26.3. The normalized spacial score (nSPS) is 10.7. The zero-order valence-corrected chi connectivity index (χ0v) is 26.3. The summed E-state index contributed by atoms with van der Waals surface area (Å²) in [6.45, 7) is 7.13. The van der Waals surface area contributed by atoms with E-state index < -0.39 is 0 Å². The standard InChI is InChI=1S/C32H63NO2.C2H6O/c1-3-5-7-9-11-13-15-17-18-19-21-23-25-27-29-31(34)32(35)33-30-28-26-24-22-20-16-14-12-10-8-6-4-2;1-2-3/h3-30H2,1-2H3,(H,33,35);3H,2H2,1H3. The van der Waals surface area contributed by atoms with Crippen molar-refractivity contribution in [1.29, 1.82) is 0 Å². The van der Waals surface area contributed by atoms with Crippen LogP contribution in [0.3, 0.4) is 0 Å². The van der Waals surface area contributed by atoms with Gasteiger partial charge in [0.2, 0.25) is 5.78 Å². The Morgan fingerprint density at radius 1 is 0.447 bits per heavy atom. The lowest BCUT2D eigenvalue weighted by Crippen LogP contribution is -2.31. The number of nitrogens with one attached hydrogen (secondary N) is 1. The number of Topliss-reactive ketones (excluding diaryl/α,β-unsaturated/α-hetero) is 1. The molecular weight excluding hydrogens is 470 g/mol. The van der Waals surface area contributed by atoms with Gasteiger partial charge < -0.3 is 10.4 Å². The van der Waals surface area contributed by atoms with Crippen LogP contribution in [0.15, 0.2) is 0 Å². The van der Waals surface area contributed by atoms with Crippen LogP contribution in [0.2, 0.25) is 0 Å². The highest BCUT2D eigenvalue weighted by Gasteiger charge is 2.11. The predicted octanol–water partition coefficient (Wildman–Crippen LogP) is 10.2. The van der Waals surface area contributed by atoms with Crippen LogP contribution in [0.1, 0.15) is 194 Å². The molecule has 4 nitrogen and oxygen atoms in total. The van der Waals surface area contributed by atoms with E-state index in [2.05, 4.69) is 19.2 Å². The van der Waals surface area contributed by atoms with E-state index in [1.807, 2.05) is 0 Å². The first-order valence-corrected chi connectivity index (χ1v) is 17.1. The van der Waals surface area contributed by atoms with Gasteiger partial charge in [0.1, 0.15) is 0 Å². The lowest BCUT2D eigenvalue weighted by molar-refractivity contribution is -0.138. The van der Waals surface area contributed by atoms with E-state index in [1.165, 1.54) is 141 Å². The van der Waals surface area contributed by atoms with Crippen molar-refractivity contribution in [2.75, 3.05) is 13.2 Å². The van der Waals surface area contributed by atoms with E-state index in [0.29, 0.717) is 13.0 Å². The van der Waals surface area contributed by atoms with Crippen LogP contribution >= 0.6 is 0 Å². The summed E-state index contributed by atoms with van der Waals surface area (Å²) in [5, 5.41) is 10.4. The summed E-state index contributed by atoms with van der Waals surface area (Å²) >= 11 is 0. The van der Waals surface area contributed by atoms with Gasteiger partial charge >= 0.3 is 0 Å². The molecule has 0 atom stereocenters. The quantitative estimate of drug-likeness (QED) is 0.0733. The molecule has 0 aromatic carbocycles. The molecule has 0 bridgehead atoms. The van der Waals surface area contributed by atoms with Crippen LogP contribution in [-0.2, 0) is 9.59 Å². The summed E-state index contributed by atoms with van der Waals surface area (Å²) < 4.78 is 0. The molecule has 0 saturated heterocycles. The predicted molar refractivity (Wildman–Crippen MR) is 167 cm³/mol. The molecule has 228 valence electrons. The molecule has 0 aliphatic heterocycles. The fourth-order valence-electron chi connectivity index (χ4n) is 4.86. The summed E-state index contributed by atoms with van der Waals surface area (Å²) in [6.07, 6.45) is 34.4. The molecule has 38 heavy (non-hydrogen) atoms. The Hall–Kier alpha value is -0.900. The van der Waals surface area contributed by atoms with Crippen LogP contribution in [-0.4, -0.2) is 29.9 Å². The Labute approximate surface area is 238 Å². The SMILES string of the molecule is CCCCCCCCCCCCCCCCC(=O)C(=O)NCCCCCCCCCCCCCC.CCO. The maximum absolute atomic E-state index is 12.0. The van der Waals surface area contributed by atoms with Crippen molar-refractivity contribution in [3.05, 3.63) is 0 Å². The molecule has 0 aliphatic rings. The van der Waals surface area contributed by atoms with Crippen LogP contribution in [0.5, 0.6) is 0 Å². The first-order valence-electron chi connectivity index (χ1n) is 17.1. The van der Waals surface area contributed by atoms with Gasteiger partial charge in [-0.25, -0.2) is 0 Å². The molecule has 0 unspecified atom stereocenters. The third-order valence-corrected chi connectivity index (χ3v) is 7.33. The second kappa shape index (κ2) is 36.1. The number of hydrogen-bond donors (Lipinski definition) is 2. The fraction of sp³-hybridized carbons (Fsp3) is 0.941. The van der Waals surface area contributed by atoms with E-state index in [4.69, 9.17) is 5.11 Å². The number of unbranched alkanes of at least 4 members (excludes halogenated alkanes) is 24. The Kier molecular flexibility index (Phi) is 37.3. The average molecular weight is 540 g/mol. The highest BCUT2D eigenvalue weighted by molar-refractivity contribution is 6.36. The Bertz CT molecular complexity index is 467. The first kappa shape index (κ1) is 39.2. The van der Waals surface area contributed by atoms with Gasteiger partial charge in [-0.15, -0.1) is 0 Å². The van der Waals surface area contributed by atoms with E-state index in [-0.39, 0.29) is 18.3 Å². The molecule has 0 radical (unpaired) electrons. The Morgan fingerprint density at radius 3 is 1.03 bits per heavy atom. The van der Waals surface area contributed by atoms with Gasteiger partial charge in [-0.2, -0.15) is 0 Å². The molecule has 0 fully saturated rings. The topological polar surface area (TPSA) is 66.4 Å². The van der Waals surface area contributed by atoms with Gasteiger partial charge in [-0.05, 0) is 19.8 Å². The maximum atomic E-state index is 12.0. The van der Waals surface area contributed by atoms with Crippen molar-refractivity contribution in [2.24, 2.45) is 0 Å². The minimum Gasteiger partial charge on any atom is -0.397 e. The van der Waals surface area contributed by atoms with Crippen LogP contribution < -0.4 is 5.32 Å². The first-order chi connectivity index (χ1) is 18.6. The van der Waals surface area contributed by atoms with Crippen molar-refractivity contribution in [3.8, 4) is 0 Å². The number of carbonyl (C=O) groups is 2. The molecule has 0 aromatic heterocycles. The second-order valence-electron chi connectivity index (χ2n) is 11.2. The van der Waals surface area contributed by atoms with E-state index in [9.17, 15) is 9.59 Å². The number of aliphatic hydroxyl groups excluding tert-OH is 1. The highest BCUT2D eigenvalue weighted by Crippen LogP contribution is 2.14. The van der Waals surface area contributed by atoms with E-state index in [1.54, 1.807) is 6.92 Å². The summed E-state index contributed by atoms with van der Waals surface area (Å²) in [7, 11) is 0. The van der Waals surface area contributed by atoms with Gasteiger partial charge in [-0.1, -0.05) is 168 Å². The second-order valence-corrected chi connectivity index (χ2v) is 11.2. The Morgan fingerprint density at radius 2 is 0.711 bits per heavy atom. The molecule has 2 N–H and O–H groups in total. The smallest absolute Gasteiger partial charge is 0.287 e. The van der Waals surface area contributed by atoms with Gasteiger partial charge in [0.25, 0.3) is 5.91 Å². The minimum atomic E-state index is -0.359. The highest BCUT2D eigenvalue weighted by atomic mass is 16.2. The minimum absolute atomic E-state index is 0.220. The van der Waals surface area contributed by atoms with E-state index in [0.717, 1.165) is 25.7 Å². The molecule has 0 heterocycles. The molecule has 0 aliphatic carbocycles. The van der Waals surface area contributed by atoms with Crippen molar-refractivity contribution in [3.63, 3.8) is 0 Å². The number of hydrogen-bond acceptors (Lipinski definition) is 3. The van der Waals surface area contributed by atoms with Crippen LogP contribution in [0.25, 0.3) is 0 Å². The molecule has 0 aromatic rings. The van der Waals surface area contributed by atoms with Gasteiger partial charge in [0.15, 0.2) is 0 Å². The molecule has 0 saturated carbocycles. The molecule has 0 spiro atoms. The summed E-state index contributed by atoms with van der Waals surface area (Å²) in [6, 6.07) is 0. The van der Waals surface area contributed by atoms with E-state index >= 15 is 0 Å². The third-order valence-electron chi connectivity index (χ3n) is 7.33. The zero-order chi connectivity index (χ0) is 28.4. The lowest BCUT2D eigenvalue weighted by atomic mass is 10.0. The lowest BCUT2D eigenvalue weighted by Gasteiger charge is -2.05. The fourth-order valence-corrected chi connectivity index (χ4v) is 4.86. The van der Waals surface area contributed by atoms with Gasteiger partial charge in [0, 0.05) is 19.6 Å². The number of amides is 1. The number of carbonyl (C=O) groups excluding carboxylic acids is 2. The van der Waals surface area contributed by atoms with Crippen LogP contribution in [0.4, 0.5) is 0 Å². The molecule has 1 amide bonds. The van der Waals surface area contributed by atoms with Crippen molar-refractivity contribution in [1.82, 2.24) is 5.32 Å². The average Bonchev–Trinajstić information content (AvgIpc) is 2.91. The molecule has 4 heteroatoms. The number of ketones is 1. The Balaban J connectivity index is 0. The summed E-state index contributed by atoms with van der Waals surface area (Å²) in [4.78, 5) is 23.9. The van der Waals surface area contributed by atoms with Gasteiger partial charge in [-0.3, -0.25) is 9.59 Å². The summed E-state index contributed by atoms with van der Waals surface area (Å²) in [5.41, 5.74) is 0. The third kappa shape index (κ3) is 35.1. The molecule has 0 rings (SSSR count). The number of rotatable bonds is 29. The maximum Gasteiger partial charge on any atom is 0.287 e. The number of aliphatic hydroxyl groups is 1. The van der Waals surface area contributed by atoms with Crippen LogP contribution in [0, 0.1) is 0 Å².